The molecule has 2 aliphatic rings. The van der Waals surface area contributed by atoms with Gasteiger partial charge in [-0.05, 0) is 32.5 Å². The fourth-order valence-corrected chi connectivity index (χ4v) is 4.56. The van der Waals surface area contributed by atoms with E-state index in [1.54, 1.807) is 7.11 Å². The Labute approximate surface area is 190 Å². The summed E-state index contributed by atoms with van der Waals surface area (Å²) in [5, 5.41) is 11.9. The minimum absolute atomic E-state index is 0.0748. The maximum Gasteiger partial charge on any atom is 0.224 e. The highest BCUT2D eigenvalue weighted by molar-refractivity contribution is 5.78. The summed E-state index contributed by atoms with van der Waals surface area (Å²) in [4.78, 5) is 17.2. The van der Waals surface area contributed by atoms with Crippen LogP contribution in [0.25, 0.3) is 6.08 Å². The van der Waals surface area contributed by atoms with Gasteiger partial charge < -0.3 is 19.5 Å². The van der Waals surface area contributed by atoms with Gasteiger partial charge in [-0.3, -0.25) is 9.69 Å². The van der Waals surface area contributed by atoms with E-state index in [1.807, 2.05) is 18.2 Å². The molecule has 0 radical (unpaired) electrons. The number of hydrogen-bond acceptors (Lipinski definition) is 6. The Hall–Kier alpha value is -2.71. The largest absolute Gasteiger partial charge is 0.496 e. The van der Waals surface area contributed by atoms with E-state index in [9.17, 15) is 4.79 Å². The number of ether oxygens (including phenoxy) is 1. The number of para-hydroxylation sites is 1. The van der Waals surface area contributed by atoms with Gasteiger partial charge in [0.15, 0.2) is 5.82 Å². The van der Waals surface area contributed by atoms with E-state index < -0.39 is 0 Å². The van der Waals surface area contributed by atoms with Gasteiger partial charge in [0.1, 0.15) is 11.6 Å². The number of benzene rings is 1. The van der Waals surface area contributed by atoms with E-state index in [-0.39, 0.29) is 11.8 Å². The third-order valence-electron chi connectivity index (χ3n) is 6.41. The molecule has 1 aromatic heterocycles. The SMILES string of the molecule is COc1ccccc1/C=C/CN1CCc2nnc(CNC(=O)C3CCCN(C)C3)n2CC1. The molecule has 1 saturated heterocycles. The van der Waals surface area contributed by atoms with E-state index in [2.05, 4.69) is 55.1 Å². The first-order chi connectivity index (χ1) is 15.6. The van der Waals surface area contributed by atoms with Crippen LogP contribution in [0.1, 0.15) is 30.1 Å². The van der Waals surface area contributed by atoms with Crippen molar-refractivity contribution in [3.63, 3.8) is 0 Å². The van der Waals surface area contributed by atoms with Crippen molar-refractivity contribution in [2.45, 2.75) is 32.4 Å². The topological polar surface area (TPSA) is 75.5 Å². The molecule has 1 N–H and O–H groups in total. The molecule has 8 heteroatoms. The molecule has 1 fully saturated rings. The van der Waals surface area contributed by atoms with Crippen molar-refractivity contribution in [2.75, 3.05) is 46.9 Å². The molecule has 4 rings (SSSR count). The average molecular weight is 439 g/mol. The van der Waals surface area contributed by atoms with E-state index in [0.717, 1.165) is 81.5 Å². The van der Waals surface area contributed by atoms with Crippen LogP contribution in [0.4, 0.5) is 0 Å². The Morgan fingerprint density at radius 2 is 2.09 bits per heavy atom. The Morgan fingerprint density at radius 1 is 1.22 bits per heavy atom. The molecule has 0 bridgehead atoms. The lowest BCUT2D eigenvalue weighted by atomic mass is 9.98. The Bertz CT molecular complexity index is 940. The fourth-order valence-electron chi connectivity index (χ4n) is 4.56. The van der Waals surface area contributed by atoms with Crippen molar-refractivity contribution in [2.24, 2.45) is 5.92 Å². The lowest BCUT2D eigenvalue weighted by Gasteiger charge is -2.28. The summed E-state index contributed by atoms with van der Waals surface area (Å²) in [7, 11) is 3.78. The van der Waals surface area contributed by atoms with Crippen molar-refractivity contribution in [1.82, 2.24) is 29.9 Å². The first-order valence-electron chi connectivity index (χ1n) is 11.5. The van der Waals surface area contributed by atoms with Gasteiger partial charge in [-0.1, -0.05) is 30.4 Å². The smallest absolute Gasteiger partial charge is 0.224 e. The van der Waals surface area contributed by atoms with Gasteiger partial charge in [-0.2, -0.15) is 0 Å². The van der Waals surface area contributed by atoms with Gasteiger partial charge in [0, 0.05) is 44.7 Å². The predicted molar refractivity (Wildman–Crippen MR) is 124 cm³/mol. The standard InChI is InChI=1S/C24H34N6O2/c1-28-12-5-9-20(18-28)24(31)25-17-23-27-26-22-11-14-29(15-16-30(22)23)13-6-8-19-7-3-4-10-21(19)32-2/h3-4,6-8,10,20H,5,9,11-18H2,1-2H3,(H,25,31)/b8-6+. The quantitative estimate of drug-likeness (QED) is 0.711. The number of nitrogens with one attached hydrogen (secondary N) is 1. The molecule has 2 aliphatic heterocycles. The summed E-state index contributed by atoms with van der Waals surface area (Å²) in [5.74, 6) is 2.94. The second-order valence-electron chi connectivity index (χ2n) is 8.70. The monoisotopic (exact) mass is 438 g/mol. The van der Waals surface area contributed by atoms with Gasteiger partial charge >= 0.3 is 0 Å². The summed E-state index contributed by atoms with van der Waals surface area (Å²) in [6.45, 7) is 5.93. The van der Waals surface area contributed by atoms with Gasteiger partial charge in [0.25, 0.3) is 0 Å². The molecule has 1 aromatic carbocycles. The normalized spacial score (nSPS) is 20.1. The number of carbonyl (C=O) groups is 1. The highest BCUT2D eigenvalue weighted by Crippen LogP contribution is 2.19. The van der Waals surface area contributed by atoms with Gasteiger partial charge in [0.05, 0.1) is 19.6 Å². The summed E-state index contributed by atoms with van der Waals surface area (Å²) in [6.07, 6.45) is 7.21. The zero-order chi connectivity index (χ0) is 22.3. The van der Waals surface area contributed by atoms with Crippen molar-refractivity contribution < 1.29 is 9.53 Å². The summed E-state index contributed by atoms with van der Waals surface area (Å²) in [5.41, 5.74) is 1.09. The van der Waals surface area contributed by atoms with Crippen LogP contribution < -0.4 is 10.1 Å². The molecule has 1 amide bonds. The number of carbonyl (C=O) groups excluding carboxylic acids is 1. The van der Waals surface area contributed by atoms with Crippen molar-refractivity contribution in [3.05, 3.63) is 47.6 Å². The molecule has 172 valence electrons. The number of aromatic nitrogens is 3. The molecule has 1 atom stereocenters. The average Bonchev–Trinajstić information content (AvgIpc) is 3.09. The van der Waals surface area contributed by atoms with E-state index in [0.29, 0.717) is 6.54 Å². The number of hydrogen-bond donors (Lipinski definition) is 1. The zero-order valence-corrected chi connectivity index (χ0v) is 19.2. The lowest BCUT2D eigenvalue weighted by Crippen LogP contribution is -2.41. The van der Waals surface area contributed by atoms with Crippen LogP contribution >= 0.6 is 0 Å². The molecule has 3 heterocycles. The van der Waals surface area contributed by atoms with Crippen LogP contribution in [-0.4, -0.2) is 77.4 Å². The van der Waals surface area contributed by atoms with Crippen LogP contribution in [0.2, 0.25) is 0 Å². The first kappa shape index (κ1) is 22.5. The van der Waals surface area contributed by atoms with Gasteiger partial charge in [-0.25, -0.2) is 0 Å². The Balaban J connectivity index is 1.29. The van der Waals surface area contributed by atoms with Crippen LogP contribution in [-0.2, 0) is 24.3 Å². The summed E-state index contributed by atoms with van der Waals surface area (Å²) < 4.78 is 7.60. The molecule has 8 nitrogen and oxygen atoms in total. The number of amides is 1. The van der Waals surface area contributed by atoms with Crippen molar-refractivity contribution in [1.29, 1.82) is 0 Å². The molecular weight excluding hydrogens is 404 g/mol. The van der Waals surface area contributed by atoms with Crippen LogP contribution in [0.3, 0.4) is 0 Å². The third kappa shape index (κ3) is 5.55. The van der Waals surface area contributed by atoms with Crippen LogP contribution in [0.5, 0.6) is 5.75 Å². The lowest BCUT2D eigenvalue weighted by molar-refractivity contribution is -0.126. The highest BCUT2D eigenvalue weighted by Gasteiger charge is 2.24. The van der Waals surface area contributed by atoms with Gasteiger partial charge in [0.2, 0.25) is 5.91 Å². The van der Waals surface area contributed by atoms with E-state index in [1.165, 1.54) is 0 Å². The second kappa shape index (κ2) is 10.7. The minimum Gasteiger partial charge on any atom is -0.496 e. The first-order valence-corrected chi connectivity index (χ1v) is 11.5. The maximum absolute atomic E-state index is 12.6. The number of likely N-dealkylation sites (tertiary alicyclic amines) is 1. The molecule has 0 aliphatic carbocycles. The van der Waals surface area contributed by atoms with E-state index >= 15 is 0 Å². The van der Waals surface area contributed by atoms with Gasteiger partial charge in [-0.15, -0.1) is 10.2 Å². The molecule has 0 saturated carbocycles. The highest BCUT2D eigenvalue weighted by atomic mass is 16.5. The zero-order valence-electron chi connectivity index (χ0n) is 19.2. The Kier molecular flexibility index (Phi) is 7.55. The molecule has 2 aromatic rings. The molecule has 32 heavy (non-hydrogen) atoms. The van der Waals surface area contributed by atoms with Crippen molar-refractivity contribution in [3.8, 4) is 5.75 Å². The molecular formula is C24H34N6O2. The number of fused-ring (bicyclic) bond motifs is 1. The maximum atomic E-state index is 12.6. The fraction of sp³-hybridized carbons (Fsp3) is 0.542. The predicted octanol–water partition coefficient (Wildman–Crippen LogP) is 1.82. The van der Waals surface area contributed by atoms with E-state index in [4.69, 9.17) is 4.74 Å². The summed E-state index contributed by atoms with van der Waals surface area (Å²) in [6, 6.07) is 8.04. The molecule has 1 unspecified atom stereocenters. The Morgan fingerprint density at radius 3 is 2.94 bits per heavy atom. The number of methoxy groups -OCH3 is 1. The minimum atomic E-state index is 0.0748. The second-order valence-corrected chi connectivity index (χ2v) is 8.70. The van der Waals surface area contributed by atoms with Crippen LogP contribution in [0, 0.1) is 5.92 Å². The number of nitrogens with zero attached hydrogens (tertiary/aromatic N) is 5. The van der Waals surface area contributed by atoms with Crippen LogP contribution in [0.15, 0.2) is 30.3 Å². The summed E-state index contributed by atoms with van der Waals surface area (Å²) >= 11 is 0. The number of rotatable bonds is 7. The molecule has 0 spiro atoms. The number of piperidine rings is 1. The van der Waals surface area contributed by atoms with Crippen molar-refractivity contribution >= 4 is 12.0 Å². The third-order valence-corrected chi connectivity index (χ3v) is 6.41.